The average Bonchev–Trinajstić information content (AvgIpc) is 3.41. The molecule has 4 atom stereocenters. The van der Waals surface area contributed by atoms with Gasteiger partial charge in [0.1, 0.15) is 11.8 Å². The van der Waals surface area contributed by atoms with Crippen LogP contribution in [0.25, 0.3) is 0 Å². The molecule has 0 aromatic heterocycles. The van der Waals surface area contributed by atoms with Gasteiger partial charge in [-0.3, -0.25) is 29.3 Å². The minimum atomic E-state index is -1.44. The quantitative estimate of drug-likeness (QED) is 0.301. The Hall–Kier alpha value is -5.06. The fourth-order valence-electron chi connectivity index (χ4n) is 5.39. The molecular formula is C27H22N4O7. The Kier molecular flexibility index (Phi) is 6.11. The lowest BCUT2D eigenvalue weighted by atomic mass is 9.86. The first kappa shape index (κ1) is 24.6. The smallest absolute Gasteiger partial charge is 0.271 e. The number of methoxy groups -OCH3 is 1. The Bertz CT molecular complexity index is 1480. The molecule has 11 nitrogen and oxygen atoms in total. The number of nitro groups is 1. The number of likely N-dealkylation sites (tertiary alicyclic amines) is 1. The maximum Gasteiger partial charge on any atom is 0.271 e. The van der Waals surface area contributed by atoms with Crippen molar-refractivity contribution in [2.24, 2.45) is 17.6 Å². The van der Waals surface area contributed by atoms with E-state index in [0.717, 1.165) is 11.0 Å². The summed E-state index contributed by atoms with van der Waals surface area (Å²) < 4.78 is 5.23. The molecule has 0 aliphatic carbocycles. The Labute approximate surface area is 216 Å². The van der Waals surface area contributed by atoms with Gasteiger partial charge in [0, 0.05) is 17.7 Å². The van der Waals surface area contributed by atoms with Crippen LogP contribution in [0.15, 0.2) is 78.9 Å². The van der Waals surface area contributed by atoms with Crippen LogP contribution in [0.4, 0.5) is 11.4 Å². The van der Waals surface area contributed by atoms with Gasteiger partial charge in [-0.1, -0.05) is 42.5 Å². The summed E-state index contributed by atoms with van der Waals surface area (Å²) in [5, 5.41) is 11.3. The zero-order valence-electron chi connectivity index (χ0n) is 20.1. The highest BCUT2D eigenvalue weighted by Crippen LogP contribution is 2.51. The molecule has 2 N–H and O–H groups in total. The molecule has 3 aromatic carbocycles. The summed E-state index contributed by atoms with van der Waals surface area (Å²) in [7, 11) is 1.45. The van der Waals surface area contributed by atoms with Gasteiger partial charge in [-0.2, -0.15) is 0 Å². The van der Waals surface area contributed by atoms with Gasteiger partial charge in [0.05, 0.1) is 35.6 Å². The number of hydrogen-bond acceptors (Lipinski definition) is 7. The normalized spacial score (nSPS) is 22.3. The molecule has 192 valence electrons. The monoisotopic (exact) mass is 514 g/mol. The maximum absolute atomic E-state index is 13.9. The molecule has 0 bridgehead atoms. The molecule has 38 heavy (non-hydrogen) atoms. The van der Waals surface area contributed by atoms with Crippen molar-refractivity contribution in [1.29, 1.82) is 0 Å². The van der Waals surface area contributed by atoms with E-state index in [9.17, 15) is 29.3 Å². The van der Waals surface area contributed by atoms with Crippen LogP contribution in [0.3, 0.4) is 0 Å². The molecule has 3 aromatic rings. The van der Waals surface area contributed by atoms with E-state index < -0.39 is 52.5 Å². The van der Waals surface area contributed by atoms with Gasteiger partial charge in [0.15, 0.2) is 0 Å². The number of benzene rings is 3. The van der Waals surface area contributed by atoms with Crippen molar-refractivity contribution in [2.45, 2.75) is 12.1 Å². The Morgan fingerprint density at radius 3 is 2.26 bits per heavy atom. The van der Waals surface area contributed by atoms with Gasteiger partial charge < -0.3 is 15.4 Å². The van der Waals surface area contributed by atoms with Gasteiger partial charge >= 0.3 is 0 Å². The van der Waals surface area contributed by atoms with Gasteiger partial charge in [-0.05, 0) is 29.8 Å². The number of fused-ring (bicyclic) bond motifs is 1. The summed E-state index contributed by atoms with van der Waals surface area (Å²) in [6, 6.07) is 17.6. The molecule has 5 rings (SSSR count). The molecule has 2 aliphatic rings. The number of anilines is 1. The molecule has 2 aliphatic heterocycles. The van der Waals surface area contributed by atoms with Crippen LogP contribution in [0.2, 0.25) is 0 Å². The number of carbonyl (C=O) groups excluding carboxylic acids is 4. The van der Waals surface area contributed by atoms with E-state index in [4.69, 9.17) is 10.5 Å². The predicted molar refractivity (Wildman–Crippen MR) is 134 cm³/mol. The van der Waals surface area contributed by atoms with Crippen molar-refractivity contribution < 1.29 is 28.8 Å². The average molecular weight is 514 g/mol. The topological polar surface area (TPSA) is 153 Å². The summed E-state index contributed by atoms with van der Waals surface area (Å²) in [6.07, 6.45) is 0. The molecule has 2 heterocycles. The van der Waals surface area contributed by atoms with Gasteiger partial charge in [0.25, 0.3) is 11.6 Å². The molecule has 0 saturated carbocycles. The van der Waals surface area contributed by atoms with Crippen molar-refractivity contribution in [1.82, 2.24) is 4.90 Å². The molecule has 0 spiro atoms. The number of imide groups is 1. The Morgan fingerprint density at radius 1 is 0.921 bits per heavy atom. The highest BCUT2D eigenvalue weighted by Gasteiger charge is 2.65. The third-order valence-corrected chi connectivity index (χ3v) is 6.96. The van der Waals surface area contributed by atoms with Crippen LogP contribution in [0, 0.1) is 22.0 Å². The van der Waals surface area contributed by atoms with Gasteiger partial charge in [-0.15, -0.1) is 0 Å². The third-order valence-electron chi connectivity index (χ3n) is 6.96. The SMILES string of the molecule is COc1cccc(C(=O)N2C(C(N)=O)C3C(=O)N(c4cccc([N+](=O)[O-])c4)C(=O)C3C2c2ccccc2)c1. The first-order valence-electron chi connectivity index (χ1n) is 11.7. The van der Waals surface area contributed by atoms with Crippen molar-refractivity contribution in [3.05, 3.63) is 100 Å². The van der Waals surface area contributed by atoms with Crippen LogP contribution >= 0.6 is 0 Å². The van der Waals surface area contributed by atoms with Crippen LogP contribution in [0.5, 0.6) is 5.75 Å². The number of amides is 4. The molecule has 0 radical (unpaired) electrons. The van der Waals surface area contributed by atoms with E-state index >= 15 is 0 Å². The second kappa shape index (κ2) is 9.43. The fraction of sp³-hybridized carbons (Fsp3) is 0.185. The lowest BCUT2D eigenvalue weighted by molar-refractivity contribution is -0.384. The highest BCUT2D eigenvalue weighted by molar-refractivity contribution is 6.24. The number of nitrogens with two attached hydrogens (primary N) is 1. The van der Waals surface area contributed by atoms with E-state index in [1.54, 1.807) is 42.5 Å². The zero-order valence-corrected chi connectivity index (χ0v) is 20.1. The van der Waals surface area contributed by atoms with Crippen molar-refractivity contribution in [2.75, 3.05) is 12.0 Å². The van der Waals surface area contributed by atoms with E-state index in [1.165, 1.54) is 42.3 Å². The lowest BCUT2D eigenvalue weighted by Gasteiger charge is -2.32. The van der Waals surface area contributed by atoms with E-state index in [0.29, 0.717) is 11.3 Å². The predicted octanol–water partition coefficient (Wildman–Crippen LogP) is 2.46. The largest absolute Gasteiger partial charge is 0.497 e. The summed E-state index contributed by atoms with van der Waals surface area (Å²) in [4.78, 5) is 67.1. The first-order valence-corrected chi connectivity index (χ1v) is 11.7. The number of non-ortho nitro benzene ring substituents is 1. The zero-order chi connectivity index (χ0) is 27.1. The summed E-state index contributed by atoms with van der Waals surface area (Å²) in [5.74, 6) is -5.00. The Balaban J connectivity index is 1.65. The number of ether oxygens (including phenoxy) is 1. The van der Waals surface area contributed by atoms with Crippen molar-refractivity contribution >= 4 is 35.0 Å². The van der Waals surface area contributed by atoms with Crippen molar-refractivity contribution in [3.63, 3.8) is 0 Å². The summed E-state index contributed by atoms with van der Waals surface area (Å²) in [5.41, 5.74) is 6.20. The number of hydrogen-bond donors (Lipinski definition) is 1. The third kappa shape index (κ3) is 3.84. The molecule has 11 heteroatoms. The standard InChI is InChI=1S/C27H22N4O7/c1-38-19-12-5-9-16(13-19)25(33)30-22(15-7-3-2-4-8-15)20-21(23(30)24(28)32)27(35)29(26(20)34)17-10-6-11-18(14-17)31(36)37/h2-14,20-23H,1H3,(H2,28,32). The second-order valence-electron chi connectivity index (χ2n) is 8.99. The molecule has 4 unspecified atom stereocenters. The number of rotatable bonds is 6. The minimum Gasteiger partial charge on any atom is -0.497 e. The van der Waals surface area contributed by atoms with Crippen LogP contribution in [-0.4, -0.2) is 46.6 Å². The number of nitro benzene ring substituents is 1. The van der Waals surface area contributed by atoms with E-state index in [2.05, 4.69) is 0 Å². The molecule has 4 amide bonds. The van der Waals surface area contributed by atoms with Crippen LogP contribution in [0.1, 0.15) is 22.0 Å². The molecule has 2 fully saturated rings. The highest BCUT2D eigenvalue weighted by atomic mass is 16.6. The number of carbonyl (C=O) groups is 4. The maximum atomic E-state index is 13.9. The number of primary amides is 1. The van der Waals surface area contributed by atoms with Crippen LogP contribution in [-0.2, 0) is 14.4 Å². The lowest BCUT2D eigenvalue weighted by Crippen LogP contribution is -2.50. The minimum absolute atomic E-state index is 0.00399. The fourth-order valence-corrected chi connectivity index (χ4v) is 5.39. The van der Waals surface area contributed by atoms with Gasteiger partial charge in [0.2, 0.25) is 17.7 Å². The summed E-state index contributed by atoms with van der Waals surface area (Å²) >= 11 is 0. The Morgan fingerprint density at radius 2 is 1.61 bits per heavy atom. The van der Waals surface area contributed by atoms with Gasteiger partial charge in [-0.25, -0.2) is 4.90 Å². The molecule has 2 saturated heterocycles. The van der Waals surface area contributed by atoms with Crippen LogP contribution < -0.4 is 15.4 Å². The van der Waals surface area contributed by atoms with E-state index in [-0.39, 0.29) is 16.9 Å². The first-order chi connectivity index (χ1) is 18.2. The van der Waals surface area contributed by atoms with E-state index in [1.807, 2.05) is 0 Å². The second-order valence-corrected chi connectivity index (χ2v) is 8.99. The van der Waals surface area contributed by atoms with Crippen molar-refractivity contribution in [3.8, 4) is 5.75 Å². The summed E-state index contributed by atoms with van der Waals surface area (Å²) in [6.45, 7) is 0. The number of nitrogens with zero attached hydrogens (tertiary/aromatic N) is 3. The molecular weight excluding hydrogens is 492 g/mol.